The first-order valence-corrected chi connectivity index (χ1v) is 10.8. The highest BCUT2D eigenvalue weighted by Gasteiger charge is 2.17. The van der Waals surface area contributed by atoms with E-state index in [-0.39, 0.29) is 12.2 Å². The van der Waals surface area contributed by atoms with Gasteiger partial charge in [-0.1, -0.05) is 78.1 Å². The van der Waals surface area contributed by atoms with Crippen molar-refractivity contribution in [2.45, 2.75) is 116 Å². The van der Waals surface area contributed by atoms with Crippen molar-refractivity contribution in [3.05, 3.63) is 11.8 Å². The molecule has 27 heavy (non-hydrogen) atoms. The normalized spacial score (nSPS) is 12.7. The van der Waals surface area contributed by atoms with Crippen molar-refractivity contribution in [1.29, 1.82) is 0 Å². The van der Waals surface area contributed by atoms with Crippen LogP contribution in [0, 0.1) is 0 Å². The van der Waals surface area contributed by atoms with E-state index < -0.39 is 18.0 Å². The number of esters is 1. The molecule has 0 aromatic rings. The van der Waals surface area contributed by atoms with Crippen LogP contribution in [-0.2, 0) is 14.3 Å². The minimum atomic E-state index is -0.972. The predicted molar refractivity (Wildman–Crippen MR) is 109 cm³/mol. The summed E-state index contributed by atoms with van der Waals surface area (Å²) in [5.41, 5.74) is 0. The van der Waals surface area contributed by atoms with Crippen molar-refractivity contribution in [2.24, 2.45) is 0 Å². The molecule has 0 spiro atoms. The number of carboxylic acid groups (broad SMARTS) is 1. The smallest absolute Gasteiger partial charge is 0.334 e. The van der Waals surface area contributed by atoms with Crippen molar-refractivity contribution in [3.8, 4) is 0 Å². The summed E-state index contributed by atoms with van der Waals surface area (Å²) in [5, 5.41) is 18.8. The molecule has 5 heteroatoms. The van der Waals surface area contributed by atoms with Gasteiger partial charge in [0.2, 0.25) is 0 Å². The first-order valence-electron chi connectivity index (χ1n) is 10.8. The van der Waals surface area contributed by atoms with E-state index in [9.17, 15) is 14.7 Å². The number of hydrogen-bond donors (Lipinski definition) is 2. The molecule has 158 valence electrons. The Morgan fingerprint density at radius 3 is 1.89 bits per heavy atom. The van der Waals surface area contributed by atoms with Crippen molar-refractivity contribution in [2.75, 3.05) is 0 Å². The molecule has 0 aliphatic carbocycles. The van der Waals surface area contributed by atoms with Crippen LogP contribution in [-0.4, -0.2) is 28.3 Å². The van der Waals surface area contributed by atoms with E-state index in [1.54, 1.807) is 0 Å². The minimum absolute atomic E-state index is 0.0153. The molecule has 0 amide bonds. The molecule has 0 heterocycles. The molecule has 1 unspecified atom stereocenters. The Morgan fingerprint density at radius 2 is 1.33 bits per heavy atom. The molecule has 0 saturated carbocycles. The zero-order chi connectivity index (χ0) is 20.3. The first kappa shape index (κ1) is 25.5. The van der Waals surface area contributed by atoms with Gasteiger partial charge >= 0.3 is 11.9 Å². The second-order valence-electron chi connectivity index (χ2n) is 7.37. The Labute approximate surface area is 165 Å². The van der Waals surface area contributed by atoms with E-state index in [4.69, 9.17) is 9.84 Å². The third-order valence-electron chi connectivity index (χ3n) is 4.64. The number of allylic oxidation sites excluding steroid dienone is 1. The highest BCUT2D eigenvalue weighted by atomic mass is 16.5. The third kappa shape index (κ3) is 17.6. The Bertz CT molecular complexity index is 417. The summed E-state index contributed by atoms with van der Waals surface area (Å²) in [6.07, 6.45) is 14.6. The highest BCUT2D eigenvalue weighted by molar-refractivity contribution is 5.82. The fourth-order valence-electron chi connectivity index (χ4n) is 3.04. The van der Waals surface area contributed by atoms with E-state index in [1.807, 2.05) is 0 Å². The maximum Gasteiger partial charge on any atom is 0.334 e. The molecule has 0 bridgehead atoms. The monoisotopic (exact) mass is 384 g/mol. The van der Waals surface area contributed by atoms with E-state index in [2.05, 4.69) is 13.8 Å². The molecule has 5 nitrogen and oxygen atoms in total. The van der Waals surface area contributed by atoms with Gasteiger partial charge in [-0.2, -0.15) is 0 Å². The number of rotatable bonds is 18. The summed E-state index contributed by atoms with van der Waals surface area (Å²) in [6.45, 7) is 4.33. The highest BCUT2D eigenvalue weighted by Crippen LogP contribution is 2.15. The van der Waals surface area contributed by atoms with E-state index in [0.717, 1.165) is 51.0 Å². The number of carboxylic acids is 1. The van der Waals surface area contributed by atoms with Crippen LogP contribution in [0.3, 0.4) is 0 Å². The van der Waals surface area contributed by atoms with Crippen molar-refractivity contribution in [1.82, 2.24) is 0 Å². The van der Waals surface area contributed by atoms with Gasteiger partial charge in [-0.05, 0) is 19.3 Å². The van der Waals surface area contributed by atoms with Crippen LogP contribution in [0.2, 0.25) is 0 Å². The van der Waals surface area contributed by atoms with Gasteiger partial charge < -0.3 is 14.9 Å². The Kier molecular flexibility index (Phi) is 16.9. The maximum absolute atomic E-state index is 11.9. The number of carbonyl (C=O) groups excluding carboxylic acids is 1. The van der Waals surface area contributed by atoms with Gasteiger partial charge in [0.1, 0.15) is 6.10 Å². The topological polar surface area (TPSA) is 83.8 Å². The predicted octanol–water partition coefficient (Wildman–Crippen LogP) is 6.32. The lowest BCUT2D eigenvalue weighted by atomic mass is 10.0. The van der Waals surface area contributed by atoms with Crippen molar-refractivity contribution < 1.29 is 24.5 Å². The van der Waals surface area contributed by atoms with E-state index in [1.165, 1.54) is 32.1 Å². The number of ether oxygens (including phenoxy) is 1. The summed E-state index contributed by atoms with van der Waals surface area (Å²) in [6, 6.07) is 0. The second kappa shape index (κ2) is 17.9. The number of aliphatic hydroxyl groups excluding tert-OH is 1. The molecule has 0 aromatic heterocycles. The van der Waals surface area contributed by atoms with E-state index >= 15 is 0 Å². The zero-order valence-electron chi connectivity index (χ0n) is 17.4. The Hall–Kier alpha value is -1.52. The summed E-state index contributed by atoms with van der Waals surface area (Å²) >= 11 is 0. The molecule has 0 saturated heterocycles. The molecule has 0 radical (unpaired) electrons. The summed E-state index contributed by atoms with van der Waals surface area (Å²) in [4.78, 5) is 22.9. The molecule has 2 N–H and O–H groups in total. The van der Waals surface area contributed by atoms with Crippen LogP contribution < -0.4 is 0 Å². The van der Waals surface area contributed by atoms with Crippen LogP contribution in [0.4, 0.5) is 0 Å². The van der Waals surface area contributed by atoms with E-state index in [0.29, 0.717) is 12.8 Å². The second-order valence-corrected chi connectivity index (χ2v) is 7.37. The number of carbonyl (C=O) groups is 2. The SMILES string of the molecule is CCCCCCCCCC(CC(=O)O)OC(=O)C=C(O)CCCCCCC. The van der Waals surface area contributed by atoms with Crippen LogP contribution in [0.15, 0.2) is 11.8 Å². The van der Waals surface area contributed by atoms with Gasteiger partial charge in [-0.3, -0.25) is 4.79 Å². The number of unbranched alkanes of at least 4 members (excludes halogenated alkanes) is 10. The molecular formula is C22H40O5. The first-order chi connectivity index (χ1) is 13.0. The summed E-state index contributed by atoms with van der Waals surface area (Å²) in [5.74, 6) is -1.60. The third-order valence-corrected chi connectivity index (χ3v) is 4.64. The molecule has 0 fully saturated rings. The number of aliphatic carboxylic acids is 1. The van der Waals surface area contributed by atoms with Gasteiger partial charge in [0.05, 0.1) is 18.3 Å². The summed E-state index contributed by atoms with van der Waals surface area (Å²) in [7, 11) is 0. The zero-order valence-corrected chi connectivity index (χ0v) is 17.4. The molecule has 0 rings (SSSR count). The Morgan fingerprint density at radius 1 is 0.815 bits per heavy atom. The fourth-order valence-corrected chi connectivity index (χ4v) is 3.04. The maximum atomic E-state index is 11.9. The molecule has 0 aromatic carbocycles. The molecular weight excluding hydrogens is 344 g/mol. The Balaban J connectivity index is 4.15. The van der Waals surface area contributed by atoms with Crippen LogP contribution in [0.5, 0.6) is 0 Å². The molecule has 0 aliphatic rings. The van der Waals surface area contributed by atoms with Crippen LogP contribution >= 0.6 is 0 Å². The minimum Gasteiger partial charge on any atom is -0.512 e. The van der Waals surface area contributed by atoms with Crippen molar-refractivity contribution in [3.63, 3.8) is 0 Å². The van der Waals surface area contributed by atoms with Crippen LogP contribution in [0.25, 0.3) is 0 Å². The van der Waals surface area contributed by atoms with Crippen LogP contribution in [0.1, 0.15) is 110 Å². The fraction of sp³-hybridized carbons (Fsp3) is 0.818. The standard InChI is InChI=1S/C22H40O5/c1-3-5-7-9-10-12-14-16-20(18-21(24)25)27-22(26)17-19(23)15-13-11-8-6-4-2/h17,20,23H,3-16,18H2,1-2H3,(H,24,25). The summed E-state index contributed by atoms with van der Waals surface area (Å²) < 4.78 is 5.27. The largest absolute Gasteiger partial charge is 0.512 e. The molecule has 1 atom stereocenters. The number of aliphatic hydroxyl groups is 1. The quantitative estimate of drug-likeness (QED) is 0.125. The van der Waals surface area contributed by atoms with Gasteiger partial charge in [0, 0.05) is 6.42 Å². The number of hydrogen-bond acceptors (Lipinski definition) is 4. The lowest BCUT2D eigenvalue weighted by Gasteiger charge is -2.15. The average molecular weight is 385 g/mol. The van der Waals surface area contributed by atoms with Crippen molar-refractivity contribution >= 4 is 11.9 Å². The van der Waals surface area contributed by atoms with Gasteiger partial charge in [0.25, 0.3) is 0 Å². The molecule has 0 aliphatic heterocycles. The van der Waals surface area contributed by atoms with Gasteiger partial charge in [-0.15, -0.1) is 0 Å². The lowest BCUT2D eigenvalue weighted by Crippen LogP contribution is -2.21. The van der Waals surface area contributed by atoms with Gasteiger partial charge in [0.15, 0.2) is 0 Å². The lowest BCUT2D eigenvalue weighted by molar-refractivity contribution is -0.148. The average Bonchev–Trinajstić information content (AvgIpc) is 2.60. The van der Waals surface area contributed by atoms with Gasteiger partial charge in [-0.25, -0.2) is 4.79 Å².